The highest BCUT2D eigenvalue weighted by molar-refractivity contribution is 5.85. The van der Waals surface area contributed by atoms with Crippen LogP contribution in [0.15, 0.2) is 24.3 Å². The second kappa shape index (κ2) is 4.16. The minimum atomic E-state index is -0.539. The van der Waals surface area contributed by atoms with Crippen LogP contribution in [0.2, 0.25) is 0 Å². The van der Waals surface area contributed by atoms with E-state index in [0.717, 1.165) is 24.9 Å². The first kappa shape index (κ1) is 11.0. The van der Waals surface area contributed by atoms with Gasteiger partial charge in [0.2, 0.25) is 0 Å². The van der Waals surface area contributed by atoms with Crippen molar-refractivity contribution in [3.63, 3.8) is 0 Å². The van der Waals surface area contributed by atoms with Crippen molar-refractivity contribution in [3.05, 3.63) is 29.8 Å². The molecule has 1 aromatic rings. The largest absolute Gasteiger partial charge is 0.467 e. The standard InChI is InChI=1S/C13H17NO2/c1-3-13(12(15)16-2)9-8-10-6-4-5-7-11(10)14-13/h4-7,14H,3,8-9H2,1-2H3. The zero-order valence-corrected chi connectivity index (χ0v) is 9.75. The van der Waals surface area contributed by atoms with E-state index < -0.39 is 5.54 Å². The van der Waals surface area contributed by atoms with E-state index in [1.807, 2.05) is 25.1 Å². The third kappa shape index (κ3) is 1.66. The Labute approximate surface area is 95.8 Å². The summed E-state index contributed by atoms with van der Waals surface area (Å²) in [5.74, 6) is -0.162. The Hall–Kier alpha value is -1.51. The van der Waals surface area contributed by atoms with E-state index in [0.29, 0.717) is 0 Å². The van der Waals surface area contributed by atoms with Crippen molar-refractivity contribution in [3.8, 4) is 0 Å². The number of benzene rings is 1. The Morgan fingerprint density at radius 1 is 1.50 bits per heavy atom. The molecule has 0 radical (unpaired) electrons. The number of aryl methyl sites for hydroxylation is 1. The molecule has 3 heteroatoms. The van der Waals surface area contributed by atoms with Gasteiger partial charge in [-0.15, -0.1) is 0 Å². The van der Waals surface area contributed by atoms with E-state index in [2.05, 4.69) is 11.4 Å². The average Bonchev–Trinajstić information content (AvgIpc) is 2.37. The van der Waals surface area contributed by atoms with Gasteiger partial charge in [0.05, 0.1) is 7.11 Å². The lowest BCUT2D eigenvalue weighted by molar-refractivity contribution is -0.146. The van der Waals surface area contributed by atoms with Crippen molar-refractivity contribution in [1.29, 1.82) is 0 Å². The lowest BCUT2D eigenvalue weighted by atomic mass is 9.84. The van der Waals surface area contributed by atoms with Gasteiger partial charge >= 0.3 is 5.97 Å². The molecule has 0 fully saturated rings. The number of rotatable bonds is 2. The van der Waals surface area contributed by atoms with Gasteiger partial charge < -0.3 is 10.1 Å². The van der Waals surface area contributed by atoms with Crippen molar-refractivity contribution in [2.75, 3.05) is 12.4 Å². The topological polar surface area (TPSA) is 38.3 Å². The maximum absolute atomic E-state index is 11.8. The maximum atomic E-state index is 11.8. The molecule has 3 nitrogen and oxygen atoms in total. The fourth-order valence-corrected chi connectivity index (χ4v) is 2.29. The summed E-state index contributed by atoms with van der Waals surface area (Å²) in [6, 6.07) is 8.12. The molecule has 0 aromatic heterocycles. The summed E-state index contributed by atoms with van der Waals surface area (Å²) in [6.07, 6.45) is 2.47. The molecule has 16 heavy (non-hydrogen) atoms. The van der Waals surface area contributed by atoms with Gasteiger partial charge in [-0.3, -0.25) is 0 Å². The molecule has 1 N–H and O–H groups in total. The van der Waals surface area contributed by atoms with Gasteiger partial charge in [-0.1, -0.05) is 25.1 Å². The number of hydrogen-bond acceptors (Lipinski definition) is 3. The number of fused-ring (bicyclic) bond motifs is 1. The molecule has 1 aliphatic rings. The van der Waals surface area contributed by atoms with Crippen LogP contribution in [0.5, 0.6) is 0 Å². The fourth-order valence-electron chi connectivity index (χ4n) is 2.29. The monoisotopic (exact) mass is 219 g/mol. The molecule has 1 unspecified atom stereocenters. The number of carbonyl (C=O) groups excluding carboxylic acids is 1. The molecule has 1 aliphatic heterocycles. The van der Waals surface area contributed by atoms with Gasteiger partial charge in [0.25, 0.3) is 0 Å². The molecule has 0 bridgehead atoms. The molecule has 1 aromatic carbocycles. The minimum absolute atomic E-state index is 0.162. The number of anilines is 1. The highest BCUT2D eigenvalue weighted by Crippen LogP contribution is 2.33. The SMILES string of the molecule is CCC1(C(=O)OC)CCc2ccccc2N1. The molecule has 0 saturated heterocycles. The Morgan fingerprint density at radius 3 is 2.94 bits per heavy atom. The number of methoxy groups -OCH3 is 1. The van der Waals surface area contributed by atoms with Crippen molar-refractivity contribution in [2.45, 2.75) is 31.7 Å². The molecule has 0 spiro atoms. The van der Waals surface area contributed by atoms with Crippen LogP contribution in [0.25, 0.3) is 0 Å². The van der Waals surface area contributed by atoms with Crippen LogP contribution in [-0.4, -0.2) is 18.6 Å². The number of nitrogens with one attached hydrogen (secondary N) is 1. The molecule has 0 aliphatic carbocycles. The second-order valence-electron chi connectivity index (χ2n) is 4.21. The number of para-hydroxylation sites is 1. The second-order valence-corrected chi connectivity index (χ2v) is 4.21. The molecule has 2 rings (SSSR count). The number of esters is 1. The van der Waals surface area contributed by atoms with E-state index in [9.17, 15) is 4.79 Å². The van der Waals surface area contributed by atoms with Crippen LogP contribution in [0.3, 0.4) is 0 Å². The third-order valence-corrected chi connectivity index (χ3v) is 3.39. The van der Waals surface area contributed by atoms with Crippen molar-refractivity contribution >= 4 is 11.7 Å². The van der Waals surface area contributed by atoms with Crippen LogP contribution >= 0.6 is 0 Å². The Balaban J connectivity index is 2.32. The normalized spacial score (nSPS) is 23.1. The number of ether oxygens (including phenoxy) is 1. The zero-order valence-electron chi connectivity index (χ0n) is 9.75. The molecule has 1 atom stereocenters. The van der Waals surface area contributed by atoms with Crippen LogP contribution < -0.4 is 5.32 Å². The van der Waals surface area contributed by atoms with Crippen LogP contribution in [0.1, 0.15) is 25.3 Å². The summed E-state index contributed by atoms with van der Waals surface area (Å²) in [7, 11) is 1.45. The molecule has 0 saturated carbocycles. The van der Waals surface area contributed by atoms with E-state index in [1.54, 1.807) is 0 Å². The molecule has 0 amide bonds. The van der Waals surface area contributed by atoms with Gasteiger partial charge in [0.1, 0.15) is 5.54 Å². The van der Waals surface area contributed by atoms with Crippen LogP contribution in [-0.2, 0) is 16.0 Å². The Kier molecular flexibility index (Phi) is 2.86. The zero-order chi connectivity index (χ0) is 11.6. The van der Waals surface area contributed by atoms with Crippen molar-refractivity contribution in [1.82, 2.24) is 0 Å². The van der Waals surface area contributed by atoms with Gasteiger partial charge in [0.15, 0.2) is 0 Å². The van der Waals surface area contributed by atoms with Crippen molar-refractivity contribution in [2.24, 2.45) is 0 Å². The first-order valence-corrected chi connectivity index (χ1v) is 5.66. The quantitative estimate of drug-likeness (QED) is 0.776. The van der Waals surface area contributed by atoms with E-state index >= 15 is 0 Å². The third-order valence-electron chi connectivity index (χ3n) is 3.39. The van der Waals surface area contributed by atoms with E-state index in [1.165, 1.54) is 12.7 Å². The van der Waals surface area contributed by atoms with Gasteiger partial charge in [-0.25, -0.2) is 4.79 Å². The summed E-state index contributed by atoms with van der Waals surface area (Å²) in [5, 5.41) is 3.34. The predicted octanol–water partition coefficient (Wildman–Crippen LogP) is 2.37. The molecular weight excluding hydrogens is 202 g/mol. The summed E-state index contributed by atoms with van der Waals surface area (Å²) in [4.78, 5) is 11.8. The minimum Gasteiger partial charge on any atom is -0.467 e. The van der Waals surface area contributed by atoms with E-state index in [-0.39, 0.29) is 5.97 Å². The van der Waals surface area contributed by atoms with Crippen LogP contribution in [0.4, 0.5) is 5.69 Å². The maximum Gasteiger partial charge on any atom is 0.331 e. The molecule has 86 valence electrons. The Bertz CT molecular complexity index is 403. The number of carbonyl (C=O) groups is 1. The average molecular weight is 219 g/mol. The predicted molar refractivity (Wildman–Crippen MR) is 63.4 cm³/mol. The Morgan fingerprint density at radius 2 is 2.25 bits per heavy atom. The summed E-state index contributed by atoms with van der Waals surface area (Å²) >= 11 is 0. The van der Waals surface area contributed by atoms with Gasteiger partial charge in [-0.2, -0.15) is 0 Å². The summed E-state index contributed by atoms with van der Waals surface area (Å²) in [5.41, 5.74) is 1.79. The first-order chi connectivity index (χ1) is 7.72. The summed E-state index contributed by atoms with van der Waals surface area (Å²) in [6.45, 7) is 2.01. The van der Waals surface area contributed by atoms with Gasteiger partial charge in [-0.05, 0) is 30.9 Å². The molecule has 1 heterocycles. The fraction of sp³-hybridized carbons (Fsp3) is 0.462. The van der Waals surface area contributed by atoms with Gasteiger partial charge in [0, 0.05) is 5.69 Å². The highest BCUT2D eigenvalue weighted by Gasteiger charge is 2.40. The lowest BCUT2D eigenvalue weighted by Crippen LogP contribution is -2.49. The van der Waals surface area contributed by atoms with Crippen molar-refractivity contribution < 1.29 is 9.53 Å². The first-order valence-electron chi connectivity index (χ1n) is 5.66. The molecular formula is C13H17NO2. The highest BCUT2D eigenvalue weighted by atomic mass is 16.5. The van der Waals surface area contributed by atoms with E-state index in [4.69, 9.17) is 4.74 Å². The van der Waals surface area contributed by atoms with Crippen LogP contribution in [0, 0.1) is 0 Å². The number of hydrogen-bond donors (Lipinski definition) is 1. The smallest absolute Gasteiger partial charge is 0.331 e. The lowest BCUT2D eigenvalue weighted by Gasteiger charge is -2.36. The summed E-state index contributed by atoms with van der Waals surface area (Å²) < 4.78 is 4.90.